The molecule has 118 valence electrons. The zero-order chi connectivity index (χ0) is 15.9. The third-order valence-corrected chi connectivity index (χ3v) is 5.08. The molecule has 1 nitrogen and oxygen atoms in total. The molecular weight excluding hydrogens is 312 g/mol. The van der Waals surface area contributed by atoms with E-state index in [1.807, 2.05) is 24.3 Å². The first kappa shape index (κ1) is 17.2. The molecule has 0 bridgehead atoms. The number of hydrogen-bond acceptors (Lipinski definition) is 2. The van der Waals surface area contributed by atoms with Gasteiger partial charge >= 0.3 is 0 Å². The highest BCUT2D eigenvalue weighted by atomic mass is 35.5. The molecule has 0 fully saturated rings. The summed E-state index contributed by atoms with van der Waals surface area (Å²) in [5, 5.41) is 0.766. The van der Waals surface area contributed by atoms with E-state index in [0.717, 1.165) is 30.0 Å². The van der Waals surface area contributed by atoms with E-state index in [0.29, 0.717) is 0 Å². The van der Waals surface area contributed by atoms with Gasteiger partial charge in [-0.1, -0.05) is 56.3 Å². The molecule has 0 radical (unpaired) electrons. The molecule has 0 aliphatic rings. The summed E-state index contributed by atoms with van der Waals surface area (Å²) >= 11 is 7.68. The number of aryl methyl sites for hydroxylation is 2. The molecule has 1 atom stereocenters. The number of thioether (sulfide) groups is 1. The summed E-state index contributed by atoms with van der Waals surface area (Å²) in [6.07, 6.45) is 3.00. The second-order valence-corrected chi connectivity index (χ2v) is 6.85. The Morgan fingerprint density at radius 3 is 2.32 bits per heavy atom. The zero-order valence-corrected chi connectivity index (χ0v) is 15.0. The summed E-state index contributed by atoms with van der Waals surface area (Å²) < 4.78 is 6.25. The number of rotatable bonds is 7. The molecule has 0 saturated carbocycles. The average Bonchev–Trinajstić information content (AvgIpc) is 2.56. The molecular formula is C19H23ClOS. The van der Waals surface area contributed by atoms with Crippen LogP contribution in [0.1, 0.15) is 38.3 Å². The van der Waals surface area contributed by atoms with Gasteiger partial charge in [-0.25, -0.2) is 0 Å². The van der Waals surface area contributed by atoms with Gasteiger partial charge in [-0.3, -0.25) is 0 Å². The van der Waals surface area contributed by atoms with E-state index in [1.165, 1.54) is 16.0 Å². The van der Waals surface area contributed by atoms with Crippen LogP contribution in [-0.2, 0) is 12.8 Å². The van der Waals surface area contributed by atoms with Gasteiger partial charge in [-0.2, -0.15) is 0 Å². The quantitative estimate of drug-likeness (QED) is 0.429. The van der Waals surface area contributed by atoms with E-state index in [4.69, 9.17) is 16.3 Å². The van der Waals surface area contributed by atoms with Gasteiger partial charge in [-0.05, 0) is 60.7 Å². The first-order valence-electron chi connectivity index (χ1n) is 7.86. The lowest BCUT2D eigenvalue weighted by Gasteiger charge is -2.19. The van der Waals surface area contributed by atoms with E-state index in [1.54, 1.807) is 11.8 Å². The lowest BCUT2D eigenvalue weighted by Crippen LogP contribution is -2.12. The fourth-order valence-corrected chi connectivity index (χ4v) is 3.28. The van der Waals surface area contributed by atoms with E-state index in [9.17, 15) is 0 Å². The van der Waals surface area contributed by atoms with Crippen LogP contribution in [0.2, 0.25) is 5.02 Å². The van der Waals surface area contributed by atoms with Crippen molar-refractivity contribution in [2.75, 3.05) is 0 Å². The Bertz CT molecular complexity index is 595. The Morgan fingerprint density at radius 1 is 1.00 bits per heavy atom. The van der Waals surface area contributed by atoms with Crippen molar-refractivity contribution in [2.24, 2.45) is 0 Å². The predicted molar refractivity (Wildman–Crippen MR) is 97.2 cm³/mol. The van der Waals surface area contributed by atoms with Crippen LogP contribution in [0.3, 0.4) is 0 Å². The Kier molecular flexibility index (Phi) is 6.66. The second kappa shape index (κ2) is 8.50. The lowest BCUT2D eigenvalue weighted by molar-refractivity contribution is 0.281. The lowest BCUT2D eigenvalue weighted by atomic mass is 10.1. The Labute approximate surface area is 143 Å². The van der Waals surface area contributed by atoms with Gasteiger partial charge in [0.1, 0.15) is 11.2 Å². The minimum Gasteiger partial charge on any atom is -0.479 e. The molecule has 0 aliphatic carbocycles. The van der Waals surface area contributed by atoms with E-state index in [-0.39, 0.29) is 5.44 Å². The maximum absolute atomic E-state index is 6.25. The molecule has 2 aromatic carbocycles. The van der Waals surface area contributed by atoms with Gasteiger partial charge in [0.25, 0.3) is 0 Å². The molecule has 22 heavy (non-hydrogen) atoms. The molecule has 1 unspecified atom stereocenters. The van der Waals surface area contributed by atoms with Gasteiger partial charge in [0.15, 0.2) is 0 Å². The fraction of sp³-hybridized carbons (Fsp3) is 0.368. The van der Waals surface area contributed by atoms with Crippen LogP contribution in [0.25, 0.3) is 0 Å². The standard InChI is InChI=1S/C19H23ClOS/c1-4-14-7-12-18(15(5-2)13-14)21-19(6-3)22-17-10-8-16(20)9-11-17/h7-13,19H,4-6H2,1-3H3. The largest absolute Gasteiger partial charge is 0.479 e. The maximum Gasteiger partial charge on any atom is 0.148 e. The highest BCUT2D eigenvalue weighted by Crippen LogP contribution is 2.31. The van der Waals surface area contributed by atoms with Crippen molar-refractivity contribution in [3.8, 4) is 5.75 Å². The van der Waals surface area contributed by atoms with Crippen LogP contribution >= 0.6 is 23.4 Å². The van der Waals surface area contributed by atoms with E-state index in [2.05, 4.69) is 39.0 Å². The van der Waals surface area contributed by atoms with Gasteiger partial charge in [0.05, 0.1) is 0 Å². The molecule has 0 heterocycles. The van der Waals surface area contributed by atoms with Crippen molar-refractivity contribution >= 4 is 23.4 Å². The van der Waals surface area contributed by atoms with Crippen LogP contribution < -0.4 is 4.74 Å². The summed E-state index contributed by atoms with van der Waals surface area (Å²) in [7, 11) is 0. The molecule has 0 N–H and O–H groups in total. The third kappa shape index (κ3) is 4.69. The van der Waals surface area contributed by atoms with Gasteiger partial charge < -0.3 is 4.74 Å². The highest BCUT2D eigenvalue weighted by Gasteiger charge is 2.12. The van der Waals surface area contributed by atoms with Crippen LogP contribution in [0, 0.1) is 0 Å². The van der Waals surface area contributed by atoms with Crippen LogP contribution in [0.4, 0.5) is 0 Å². The third-order valence-electron chi connectivity index (χ3n) is 3.59. The van der Waals surface area contributed by atoms with Crippen molar-refractivity contribution < 1.29 is 4.74 Å². The van der Waals surface area contributed by atoms with Crippen molar-refractivity contribution in [1.82, 2.24) is 0 Å². The topological polar surface area (TPSA) is 9.23 Å². The second-order valence-electron chi connectivity index (χ2n) is 5.18. The normalized spacial score (nSPS) is 12.2. The monoisotopic (exact) mass is 334 g/mol. The Balaban J connectivity index is 2.11. The van der Waals surface area contributed by atoms with Crippen molar-refractivity contribution in [3.05, 3.63) is 58.6 Å². The Hall–Kier alpha value is -1.12. The smallest absolute Gasteiger partial charge is 0.148 e. The summed E-state index contributed by atoms with van der Waals surface area (Å²) in [5.74, 6) is 1.01. The highest BCUT2D eigenvalue weighted by molar-refractivity contribution is 7.99. The van der Waals surface area contributed by atoms with Crippen LogP contribution in [0.5, 0.6) is 5.75 Å². The minimum absolute atomic E-state index is 0.110. The summed E-state index contributed by atoms with van der Waals surface area (Å²) in [6, 6.07) is 14.5. The van der Waals surface area contributed by atoms with Gasteiger partial charge in [0.2, 0.25) is 0 Å². The number of benzene rings is 2. The number of halogens is 1. The summed E-state index contributed by atoms with van der Waals surface area (Å²) in [4.78, 5) is 1.18. The first-order valence-corrected chi connectivity index (χ1v) is 9.12. The maximum atomic E-state index is 6.25. The summed E-state index contributed by atoms with van der Waals surface area (Å²) in [5.41, 5.74) is 2.76. The average molecular weight is 335 g/mol. The molecule has 2 rings (SSSR count). The number of hydrogen-bond donors (Lipinski definition) is 0. The minimum atomic E-state index is 0.110. The predicted octanol–water partition coefficient (Wildman–Crippen LogP) is 6.37. The summed E-state index contributed by atoms with van der Waals surface area (Å²) in [6.45, 7) is 6.51. The van der Waals surface area contributed by atoms with Crippen molar-refractivity contribution in [2.45, 2.75) is 50.4 Å². The van der Waals surface area contributed by atoms with Gasteiger partial charge in [0, 0.05) is 9.92 Å². The van der Waals surface area contributed by atoms with Crippen molar-refractivity contribution in [1.29, 1.82) is 0 Å². The first-order chi connectivity index (χ1) is 10.7. The molecule has 0 aliphatic heterocycles. The van der Waals surface area contributed by atoms with E-state index >= 15 is 0 Å². The SMILES string of the molecule is CCc1ccc(OC(CC)Sc2ccc(Cl)cc2)c(CC)c1. The fourth-order valence-electron chi connectivity index (χ4n) is 2.24. The van der Waals surface area contributed by atoms with Crippen LogP contribution in [0.15, 0.2) is 47.4 Å². The molecule has 3 heteroatoms. The molecule has 0 saturated heterocycles. The molecule has 0 aromatic heterocycles. The zero-order valence-electron chi connectivity index (χ0n) is 13.4. The van der Waals surface area contributed by atoms with Crippen LogP contribution in [-0.4, -0.2) is 5.44 Å². The van der Waals surface area contributed by atoms with E-state index < -0.39 is 0 Å². The molecule has 0 amide bonds. The molecule has 0 spiro atoms. The number of ether oxygens (including phenoxy) is 1. The Morgan fingerprint density at radius 2 is 1.73 bits per heavy atom. The van der Waals surface area contributed by atoms with Crippen molar-refractivity contribution in [3.63, 3.8) is 0 Å². The van der Waals surface area contributed by atoms with Gasteiger partial charge in [-0.15, -0.1) is 0 Å². The molecule has 2 aromatic rings.